The summed E-state index contributed by atoms with van der Waals surface area (Å²) in [7, 11) is 1.80. The van der Waals surface area contributed by atoms with Crippen LogP contribution in [0.1, 0.15) is 37.3 Å². The molecule has 1 aromatic carbocycles. The van der Waals surface area contributed by atoms with Crippen LogP contribution in [0.3, 0.4) is 0 Å². The van der Waals surface area contributed by atoms with Gasteiger partial charge in [-0.3, -0.25) is 9.59 Å². The highest BCUT2D eigenvalue weighted by Crippen LogP contribution is 2.35. The van der Waals surface area contributed by atoms with Crippen LogP contribution < -0.4 is 0 Å². The van der Waals surface area contributed by atoms with Crippen LogP contribution in [0.2, 0.25) is 5.02 Å². The van der Waals surface area contributed by atoms with Crippen molar-refractivity contribution in [3.63, 3.8) is 0 Å². The number of likely N-dealkylation sites (tertiary alicyclic amines) is 2. The third-order valence-electron chi connectivity index (χ3n) is 4.80. The number of amides is 2. The van der Waals surface area contributed by atoms with Gasteiger partial charge in [-0.2, -0.15) is 0 Å². The van der Waals surface area contributed by atoms with Crippen LogP contribution in [0.15, 0.2) is 24.3 Å². The zero-order valence-electron chi connectivity index (χ0n) is 12.8. The molecule has 0 N–H and O–H groups in total. The number of benzene rings is 1. The first-order valence-corrected chi connectivity index (χ1v) is 8.24. The van der Waals surface area contributed by atoms with E-state index in [2.05, 4.69) is 0 Å². The monoisotopic (exact) mass is 320 g/mol. The maximum absolute atomic E-state index is 12.8. The van der Waals surface area contributed by atoms with E-state index < -0.39 is 0 Å². The van der Waals surface area contributed by atoms with E-state index in [9.17, 15) is 9.59 Å². The first kappa shape index (κ1) is 15.3. The largest absolute Gasteiger partial charge is 0.346 e. The summed E-state index contributed by atoms with van der Waals surface area (Å²) in [6.07, 6.45) is 3.11. The Kier molecular flexibility index (Phi) is 4.39. The predicted octanol–water partition coefficient (Wildman–Crippen LogP) is 2.87. The van der Waals surface area contributed by atoms with E-state index in [0.717, 1.165) is 31.4 Å². The van der Waals surface area contributed by atoms with Gasteiger partial charge in [0.1, 0.15) is 0 Å². The lowest BCUT2D eigenvalue weighted by Crippen LogP contribution is -2.43. The highest BCUT2D eigenvalue weighted by atomic mass is 35.5. The maximum Gasteiger partial charge on any atom is 0.226 e. The molecule has 2 amide bonds. The molecule has 0 aliphatic carbocycles. The molecule has 2 saturated heterocycles. The van der Waals surface area contributed by atoms with Crippen LogP contribution in [0, 0.1) is 5.92 Å². The Morgan fingerprint density at radius 3 is 2.59 bits per heavy atom. The SMILES string of the molecule is CN1CCC(C(=O)N2CCCC2c2ccc(Cl)cc2)CC1=O. The molecule has 0 radical (unpaired) electrons. The van der Waals surface area contributed by atoms with Crippen molar-refractivity contribution in [3.05, 3.63) is 34.9 Å². The van der Waals surface area contributed by atoms with Crippen molar-refractivity contribution in [1.82, 2.24) is 9.80 Å². The second-order valence-corrected chi connectivity index (χ2v) is 6.68. The third-order valence-corrected chi connectivity index (χ3v) is 5.05. The molecule has 0 saturated carbocycles. The average Bonchev–Trinajstić information content (AvgIpc) is 2.99. The molecule has 4 nitrogen and oxygen atoms in total. The van der Waals surface area contributed by atoms with E-state index in [4.69, 9.17) is 11.6 Å². The fourth-order valence-corrected chi connectivity index (χ4v) is 3.58. The van der Waals surface area contributed by atoms with Crippen molar-refractivity contribution < 1.29 is 9.59 Å². The number of hydrogen-bond acceptors (Lipinski definition) is 2. The number of piperidine rings is 1. The Morgan fingerprint density at radius 2 is 1.91 bits per heavy atom. The lowest BCUT2D eigenvalue weighted by molar-refractivity contribution is -0.145. The predicted molar refractivity (Wildman–Crippen MR) is 85.5 cm³/mol. The second kappa shape index (κ2) is 6.29. The Bertz CT molecular complexity index is 573. The molecule has 0 spiro atoms. The zero-order valence-corrected chi connectivity index (χ0v) is 13.6. The first-order valence-electron chi connectivity index (χ1n) is 7.86. The molecule has 2 fully saturated rings. The zero-order chi connectivity index (χ0) is 15.7. The van der Waals surface area contributed by atoms with Gasteiger partial charge in [0.05, 0.1) is 6.04 Å². The van der Waals surface area contributed by atoms with Crippen LogP contribution in [-0.4, -0.2) is 41.8 Å². The summed E-state index contributed by atoms with van der Waals surface area (Å²) in [5, 5.41) is 0.709. The van der Waals surface area contributed by atoms with E-state index in [1.807, 2.05) is 29.2 Å². The minimum atomic E-state index is -0.156. The summed E-state index contributed by atoms with van der Waals surface area (Å²) >= 11 is 5.95. The standard InChI is InChI=1S/C17H21ClN2O2/c1-19-10-8-13(11-16(19)21)17(22)20-9-2-3-15(20)12-4-6-14(18)7-5-12/h4-7,13,15H,2-3,8-11H2,1H3. The summed E-state index contributed by atoms with van der Waals surface area (Å²) in [6.45, 7) is 1.46. The summed E-state index contributed by atoms with van der Waals surface area (Å²) in [6, 6.07) is 7.87. The molecule has 2 heterocycles. The molecular formula is C17H21ClN2O2. The minimum absolute atomic E-state index is 0.0758. The van der Waals surface area contributed by atoms with Crippen molar-refractivity contribution in [2.45, 2.75) is 31.7 Å². The van der Waals surface area contributed by atoms with Gasteiger partial charge in [0, 0.05) is 37.5 Å². The van der Waals surface area contributed by atoms with Crippen molar-refractivity contribution >= 4 is 23.4 Å². The van der Waals surface area contributed by atoms with Gasteiger partial charge in [-0.05, 0) is 37.0 Å². The minimum Gasteiger partial charge on any atom is -0.346 e. The molecule has 22 heavy (non-hydrogen) atoms. The molecule has 2 unspecified atom stereocenters. The van der Waals surface area contributed by atoms with E-state index in [-0.39, 0.29) is 23.8 Å². The van der Waals surface area contributed by atoms with Crippen LogP contribution in [0.4, 0.5) is 0 Å². The normalized spacial score (nSPS) is 25.6. The van der Waals surface area contributed by atoms with Gasteiger partial charge in [-0.1, -0.05) is 23.7 Å². The average molecular weight is 321 g/mol. The number of nitrogens with zero attached hydrogens (tertiary/aromatic N) is 2. The Hall–Kier alpha value is -1.55. The number of hydrogen-bond donors (Lipinski definition) is 0. The third kappa shape index (κ3) is 2.98. The number of carbonyl (C=O) groups is 2. The molecule has 2 atom stereocenters. The quantitative estimate of drug-likeness (QED) is 0.840. The lowest BCUT2D eigenvalue weighted by Gasteiger charge is -2.33. The number of rotatable bonds is 2. The van der Waals surface area contributed by atoms with Crippen molar-refractivity contribution in [3.8, 4) is 0 Å². The molecule has 1 aromatic rings. The maximum atomic E-state index is 12.8. The molecule has 3 rings (SSSR count). The lowest BCUT2D eigenvalue weighted by atomic mass is 9.94. The number of carbonyl (C=O) groups excluding carboxylic acids is 2. The Labute approximate surface area is 136 Å². The topological polar surface area (TPSA) is 40.6 Å². The second-order valence-electron chi connectivity index (χ2n) is 6.25. The fraction of sp³-hybridized carbons (Fsp3) is 0.529. The van der Waals surface area contributed by atoms with Crippen LogP contribution in [0.25, 0.3) is 0 Å². The Balaban J connectivity index is 1.74. The van der Waals surface area contributed by atoms with E-state index >= 15 is 0 Å². The van der Waals surface area contributed by atoms with Gasteiger partial charge in [-0.25, -0.2) is 0 Å². The molecule has 0 bridgehead atoms. The summed E-state index contributed by atoms with van der Waals surface area (Å²) in [5.74, 6) is 0.0577. The smallest absolute Gasteiger partial charge is 0.226 e. The fourth-order valence-electron chi connectivity index (χ4n) is 3.45. The molecular weight excluding hydrogens is 300 g/mol. The van der Waals surface area contributed by atoms with Gasteiger partial charge in [0.2, 0.25) is 11.8 Å². The molecule has 5 heteroatoms. The highest BCUT2D eigenvalue weighted by Gasteiger charge is 2.36. The van der Waals surface area contributed by atoms with Crippen LogP contribution in [-0.2, 0) is 9.59 Å². The van der Waals surface area contributed by atoms with E-state index in [1.54, 1.807) is 11.9 Å². The van der Waals surface area contributed by atoms with E-state index in [1.165, 1.54) is 0 Å². The van der Waals surface area contributed by atoms with Crippen molar-refractivity contribution in [1.29, 1.82) is 0 Å². The van der Waals surface area contributed by atoms with Gasteiger partial charge in [-0.15, -0.1) is 0 Å². The van der Waals surface area contributed by atoms with E-state index in [0.29, 0.717) is 18.0 Å². The van der Waals surface area contributed by atoms with Crippen LogP contribution in [0.5, 0.6) is 0 Å². The van der Waals surface area contributed by atoms with Gasteiger partial charge < -0.3 is 9.80 Å². The Morgan fingerprint density at radius 1 is 1.18 bits per heavy atom. The van der Waals surface area contributed by atoms with Crippen molar-refractivity contribution in [2.75, 3.05) is 20.1 Å². The number of halogens is 1. The van der Waals surface area contributed by atoms with Gasteiger partial charge >= 0.3 is 0 Å². The summed E-state index contributed by atoms with van der Waals surface area (Å²) in [5.41, 5.74) is 1.13. The molecule has 0 aromatic heterocycles. The van der Waals surface area contributed by atoms with Crippen LogP contribution >= 0.6 is 11.6 Å². The van der Waals surface area contributed by atoms with Crippen molar-refractivity contribution in [2.24, 2.45) is 5.92 Å². The summed E-state index contributed by atoms with van der Waals surface area (Å²) < 4.78 is 0. The van der Waals surface area contributed by atoms with Gasteiger partial charge in [0.15, 0.2) is 0 Å². The highest BCUT2D eigenvalue weighted by molar-refractivity contribution is 6.30. The summed E-state index contributed by atoms with van der Waals surface area (Å²) in [4.78, 5) is 28.4. The van der Waals surface area contributed by atoms with Gasteiger partial charge in [0.25, 0.3) is 0 Å². The molecule has 2 aliphatic rings. The first-order chi connectivity index (χ1) is 10.6. The molecule has 2 aliphatic heterocycles. The molecule has 118 valence electrons.